The van der Waals surface area contributed by atoms with Crippen LogP contribution in [-0.2, 0) is 17.3 Å². The average molecular weight is 834 g/mol. The van der Waals surface area contributed by atoms with Gasteiger partial charge in [-0.05, 0) is 107 Å². The van der Waals surface area contributed by atoms with Crippen molar-refractivity contribution in [2.24, 2.45) is 5.10 Å². The van der Waals surface area contributed by atoms with E-state index in [2.05, 4.69) is 157 Å². The maximum atomic E-state index is 6.32. The van der Waals surface area contributed by atoms with Crippen molar-refractivity contribution in [1.82, 2.24) is 4.98 Å². The second-order valence-electron chi connectivity index (χ2n) is 19.7. The number of hydrazone groups is 1. The summed E-state index contributed by atoms with van der Waals surface area (Å²) in [4.78, 5) is 4.97. The van der Waals surface area contributed by atoms with Crippen molar-refractivity contribution in [3.8, 4) is 11.5 Å². The molecule has 0 bridgehead atoms. The first kappa shape index (κ1) is 47.0. The monoisotopic (exact) mass is 834 g/mol. The van der Waals surface area contributed by atoms with Gasteiger partial charge in [0.2, 0.25) is 5.89 Å². The summed E-state index contributed by atoms with van der Waals surface area (Å²) in [5, 5.41) is 7.50. The summed E-state index contributed by atoms with van der Waals surface area (Å²) < 4.78 is 6.32. The lowest BCUT2D eigenvalue weighted by atomic mass is 9.79. The smallest absolute Gasteiger partial charge is 0.227 e. The van der Waals surface area contributed by atoms with Crippen molar-refractivity contribution in [1.29, 1.82) is 0 Å². The molecule has 0 fully saturated rings. The predicted molar refractivity (Wildman–Crippen MR) is 269 cm³/mol. The maximum Gasteiger partial charge on any atom is 0.227 e. The van der Waals surface area contributed by atoms with Crippen molar-refractivity contribution < 1.29 is 4.42 Å². The SMILES string of the molecule is CCCCCCCCCCCCc1ccc2oc(-c3ccc(N4N=C(C=Cc5ccc(C(C)(C)CCCCC)cc5)CC4c4ccc(C(C)(C)CCCCC)cc4)cc3)nc2c1. The van der Waals surface area contributed by atoms with E-state index < -0.39 is 0 Å². The van der Waals surface area contributed by atoms with E-state index in [0.29, 0.717) is 5.89 Å². The van der Waals surface area contributed by atoms with E-state index in [1.165, 1.54) is 143 Å². The zero-order valence-electron chi connectivity index (χ0n) is 39.8. The van der Waals surface area contributed by atoms with Crippen LogP contribution < -0.4 is 5.01 Å². The minimum Gasteiger partial charge on any atom is -0.436 e. The maximum absolute atomic E-state index is 6.32. The van der Waals surface area contributed by atoms with Crippen LogP contribution in [0, 0.1) is 0 Å². The van der Waals surface area contributed by atoms with Crippen LogP contribution in [0.4, 0.5) is 5.69 Å². The number of rotatable bonds is 26. The molecule has 62 heavy (non-hydrogen) atoms. The number of hydrogen-bond acceptors (Lipinski definition) is 4. The highest BCUT2D eigenvalue weighted by Gasteiger charge is 2.29. The largest absolute Gasteiger partial charge is 0.436 e. The molecule has 0 spiro atoms. The molecule has 5 aromatic rings. The number of aromatic nitrogens is 1. The number of unbranched alkanes of at least 4 members (excludes halogenated alkanes) is 13. The zero-order valence-corrected chi connectivity index (χ0v) is 39.8. The lowest BCUT2D eigenvalue weighted by Gasteiger charge is -2.27. The molecule has 0 N–H and O–H groups in total. The second-order valence-corrected chi connectivity index (χ2v) is 19.7. The zero-order chi connectivity index (χ0) is 43.8. The Bertz CT molecular complexity index is 2130. The topological polar surface area (TPSA) is 41.6 Å². The molecule has 0 saturated carbocycles. The van der Waals surface area contributed by atoms with Crippen LogP contribution in [0.1, 0.15) is 204 Å². The molecule has 0 saturated heterocycles. The number of anilines is 1. The molecule has 1 aromatic heterocycles. The average Bonchev–Trinajstić information content (AvgIpc) is 3.91. The Morgan fingerprint density at radius 3 is 1.74 bits per heavy atom. The Morgan fingerprint density at radius 1 is 0.597 bits per heavy atom. The molecule has 0 aliphatic carbocycles. The third-order valence-corrected chi connectivity index (χ3v) is 13.6. The van der Waals surface area contributed by atoms with Crippen LogP contribution >= 0.6 is 0 Å². The van der Waals surface area contributed by atoms with E-state index >= 15 is 0 Å². The number of benzene rings is 4. The van der Waals surface area contributed by atoms with Gasteiger partial charge in [-0.25, -0.2) is 4.98 Å². The number of hydrogen-bond donors (Lipinski definition) is 0. The van der Waals surface area contributed by atoms with Gasteiger partial charge >= 0.3 is 0 Å². The molecule has 1 unspecified atom stereocenters. The minimum absolute atomic E-state index is 0.0994. The molecule has 6 rings (SSSR count). The third-order valence-electron chi connectivity index (χ3n) is 13.6. The number of oxazole rings is 1. The summed E-state index contributed by atoms with van der Waals surface area (Å²) in [6.45, 7) is 16.4. The summed E-state index contributed by atoms with van der Waals surface area (Å²) in [5.74, 6) is 0.667. The molecule has 1 atom stereocenters. The van der Waals surface area contributed by atoms with Crippen molar-refractivity contribution >= 4 is 28.6 Å². The molecular formula is C58H79N3O. The Kier molecular flexibility index (Phi) is 17.7. The van der Waals surface area contributed by atoms with Crippen LogP contribution in [-0.4, -0.2) is 10.7 Å². The summed E-state index contributed by atoms with van der Waals surface area (Å²) in [5.41, 5.74) is 11.9. The van der Waals surface area contributed by atoms with Gasteiger partial charge in [-0.15, -0.1) is 0 Å². The van der Waals surface area contributed by atoms with Gasteiger partial charge in [-0.2, -0.15) is 5.10 Å². The van der Waals surface area contributed by atoms with Crippen LogP contribution in [0.5, 0.6) is 0 Å². The van der Waals surface area contributed by atoms with Crippen molar-refractivity contribution in [3.05, 3.63) is 125 Å². The molecular weight excluding hydrogens is 755 g/mol. The van der Waals surface area contributed by atoms with E-state index in [9.17, 15) is 0 Å². The molecule has 4 aromatic carbocycles. The normalized spacial score (nSPS) is 14.7. The van der Waals surface area contributed by atoms with Gasteiger partial charge in [0.15, 0.2) is 5.58 Å². The quantitative estimate of drug-likeness (QED) is 0.0521. The van der Waals surface area contributed by atoms with E-state index in [-0.39, 0.29) is 16.9 Å². The minimum atomic E-state index is 0.0994. The van der Waals surface area contributed by atoms with Gasteiger partial charge in [0, 0.05) is 12.0 Å². The highest BCUT2D eigenvalue weighted by Crippen LogP contribution is 2.39. The summed E-state index contributed by atoms with van der Waals surface area (Å²) in [6.07, 6.45) is 30.0. The number of nitrogens with zero attached hydrogens (tertiary/aromatic N) is 3. The van der Waals surface area contributed by atoms with E-state index in [1.54, 1.807) is 0 Å². The van der Waals surface area contributed by atoms with Gasteiger partial charge in [-0.1, -0.05) is 205 Å². The molecule has 1 aliphatic rings. The molecule has 4 nitrogen and oxygen atoms in total. The molecule has 4 heteroatoms. The van der Waals surface area contributed by atoms with Crippen LogP contribution in [0.3, 0.4) is 0 Å². The fourth-order valence-corrected chi connectivity index (χ4v) is 9.27. The highest BCUT2D eigenvalue weighted by molar-refractivity contribution is 6.01. The summed E-state index contributed by atoms with van der Waals surface area (Å²) >= 11 is 0. The highest BCUT2D eigenvalue weighted by atomic mass is 16.3. The standard InChI is InChI=1S/C58H79N3O/c1-8-11-14-15-16-17-18-19-20-21-24-46-28-40-55-53(43-46)59-56(62-55)48-31-38-52(39-32-48)61-54(47-29-35-50(36-30-47)58(6,7)42-23-13-10-3)44-51(60-61)37-27-45-25-33-49(34-26-45)57(4,5)41-22-12-9-2/h25-40,43,54H,8-24,41-42,44H2,1-7H3. The van der Waals surface area contributed by atoms with Crippen LogP contribution in [0.25, 0.3) is 28.6 Å². The molecule has 1 aliphatic heterocycles. The lowest BCUT2D eigenvalue weighted by molar-refractivity contribution is 0.450. The van der Waals surface area contributed by atoms with Gasteiger partial charge in [0.1, 0.15) is 5.52 Å². The Labute approximate surface area is 376 Å². The Hall–Kier alpha value is -4.44. The lowest BCUT2D eigenvalue weighted by Crippen LogP contribution is -2.20. The second kappa shape index (κ2) is 23.3. The van der Waals surface area contributed by atoms with Gasteiger partial charge in [-0.3, -0.25) is 5.01 Å². The summed E-state index contributed by atoms with van der Waals surface area (Å²) in [6, 6.07) is 33.9. The first-order valence-electron chi connectivity index (χ1n) is 24.9. The van der Waals surface area contributed by atoms with E-state index in [0.717, 1.165) is 40.9 Å². The van der Waals surface area contributed by atoms with Gasteiger partial charge in [0.05, 0.1) is 17.4 Å². The van der Waals surface area contributed by atoms with Gasteiger partial charge < -0.3 is 4.42 Å². The fraction of sp³-hybridized carbons (Fsp3) is 0.517. The molecule has 332 valence electrons. The molecule has 2 heterocycles. The first-order chi connectivity index (χ1) is 30.1. The Morgan fingerprint density at radius 2 is 1.15 bits per heavy atom. The van der Waals surface area contributed by atoms with Crippen molar-refractivity contribution in [2.75, 3.05) is 5.01 Å². The number of allylic oxidation sites excluding steroid dienone is 1. The van der Waals surface area contributed by atoms with Crippen molar-refractivity contribution in [3.63, 3.8) is 0 Å². The predicted octanol–water partition coefficient (Wildman–Crippen LogP) is 17.7. The molecule has 0 amide bonds. The van der Waals surface area contributed by atoms with E-state index in [1.807, 2.05) is 0 Å². The van der Waals surface area contributed by atoms with Crippen LogP contribution in [0.2, 0.25) is 0 Å². The molecule has 0 radical (unpaired) electrons. The number of aryl methyl sites for hydroxylation is 1. The summed E-state index contributed by atoms with van der Waals surface area (Å²) in [7, 11) is 0. The van der Waals surface area contributed by atoms with E-state index in [4.69, 9.17) is 14.5 Å². The first-order valence-corrected chi connectivity index (χ1v) is 24.9. The van der Waals surface area contributed by atoms with Gasteiger partial charge in [0.25, 0.3) is 0 Å². The Balaban J connectivity index is 1.14. The third kappa shape index (κ3) is 13.3. The number of fused-ring (bicyclic) bond motifs is 1. The van der Waals surface area contributed by atoms with Crippen molar-refractivity contribution in [2.45, 2.75) is 194 Å². The van der Waals surface area contributed by atoms with Crippen LogP contribution in [0.15, 0.2) is 107 Å². The fourth-order valence-electron chi connectivity index (χ4n) is 9.27.